The summed E-state index contributed by atoms with van der Waals surface area (Å²) < 4.78 is 0. The number of nitrogen functional groups attached to an aromatic ring is 1. The van der Waals surface area contributed by atoms with Crippen LogP contribution in [0.4, 0.5) is 11.4 Å². The first-order chi connectivity index (χ1) is 9.63. The second-order valence-electron chi connectivity index (χ2n) is 5.59. The average Bonchev–Trinajstić information content (AvgIpc) is 3.24. The summed E-state index contributed by atoms with van der Waals surface area (Å²) in [4.78, 5) is 11.9. The van der Waals surface area contributed by atoms with Crippen molar-refractivity contribution in [2.45, 2.75) is 45.6 Å². The highest BCUT2D eigenvalue weighted by Gasteiger charge is 2.25. The zero-order chi connectivity index (χ0) is 14.5. The van der Waals surface area contributed by atoms with E-state index in [0.717, 1.165) is 18.0 Å². The van der Waals surface area contributed by atoms with E-state index in [0.29, 0.717) is 23.8 Å². The van der Waals surface area contributed by atoms with Crippen molar-refractivity contribution in [2.75, 3.05) is 17.6 Å². The predicted octanol–water partition coefficient (Wildman–Crippen LogP) is 3.01. The van der Waals surface area contributed by atoms with Crippen LogP contribution < -0.4 is 16.4 Å². The number of amides is 1. The van der Waals surface area contributed by atoms with Crippen LogP contribution in [0.3, 0.4) is 0 Å². The summed E-state index contributed by atoms with van der Waals surface area (Å²) in [6.45, 7) is 4.73. The molecule has 1 aliphatic carbocycles. The van der Waals surface area contributed by atoms with Gasteiger partial charge in [-0.3, -0.25) is 4.79 Å². The van der Waals surface area contributed by atoms with E-state index in [1.807, 2.05) is 13.0 Å². The summed E-state index contributed by atoms with van der Waals surface area (Å²) >= 11 is 0. The molecular formula is C16H25N3O. The highest BCUT2D eigenvalue weighted by Crippen LogP contribution is 2.35. The van der Waals surface area contributed by atoms with Crippen LogP contribution in [-0.4, -0.2) is 18.5 Å². The van der Waals surface area contributed by atoms with Gasteiger partial charge in [-0.05, 0) is 43.9 Å². The average molecular weight is 275 g/mol. The topological polar surface area (TPSA) is 67.2 Å². The molecule has 110 valence electrons. The quantitative estimate of drug-likeness (QED) is 0.670. The second kappa shape index (κ2) is 6.64. The van der Waals surface area contributed by atoms with E-state index in [1.54, 1.807) is 12.1 Å². The third-order valence-electron chi connectivity index (χ3n) is 3.82. The van der Waals surface area contributed by atoms with Crippen molar-refractivity contribution < 1.29 is 4.79 Å². The Morgan fingerprint density at radius 3 is 2.75 bits per heavy atom. The number of carbonyl (C=O) groups is 1. The van der Waals surface area contributed by atoms with E-state index in [-0.39, 0.29) is 5.91 Å². The standard InChI is InChI=1S/C16H25N3O/c1-3-13(9-11-5-6-11)19-15-10-12(7-8-14(15)17)16(20)18-4-2/h7-8,10-11,13,19H,3-6,9,17H2,1-2H3,(H,18,20). The number of hydrogen-bond donors (Lipinski definition) is 3. The molecule has 1 saturated carbocycles. The van der Waals surface area contributed by atoms with Crippen molar-refractivity contribution >= 4 is 17.3 Å². The Hall–Kier alpha value is -1.71. The number of rotatable bonds is 7. The largest absolute Gasteiger partial charge is 0.397 e. The van der Waals surface area contributed by atoms with Crippen LogP contribution >= 0.6 is 0 Å². The first-order valence-corrected chi connectivity index (χ1v) is 7.58. The van der Waals surface area contributed by atoms with Crippen LogP contribution in [0.5, 0.6) is 0 Å². The van der Waals surface area contributed by atoms with Crippen LogP contribution in [-0.2, 0) is 0 Å². The van der Waals surface area contributed by atoms with Gasteiger partial charge in [0.05, 0.1) is 11.4 Å². The highest BCUT2D eigenvalue weighted by molar-refractivity contribution is 5.96. The minimum Gasteiger partial charge on any atom is -0.397 e. The molecule has 1 amide bonds. The van der Waals surface area contributed by atoms with E-state index in [4.69, 9.17) is 5.73 Å². The number of hydrogen-bond acceptors (Lipinski definition) is 3. The number of nitrogens with two attached hydrogens (primary N) is 1. The Bertz CT molecular complexity index is 469. The van der Waals surface area contributed by atoms with Crippen molar-refractivity contribution in [3.8, 4) is 0 Å². The molecule has 4 heteroatoms. The summed E-state index contributed by atoms with van der Waals surface area (Å²) in [5.41, 5.74) is 8.25. The van der Waals surface area contributed by atoms with Crippen LogP contribution in [0.15, 0.2) is 18.2 Å². The SMILES string of the molecule is CCNC(=O)c1ccc(N)c(NC(CC)CC2CC2)c1. The lowest BCUT2D eigenvalue weighted by atomic mass is 10.1. The van der Waals surface area contributed by atoms with Gasteiger partial charge in [0.1, 0.15) is 0 Å². The van der Waals surface area contributed by atoms with Gasteiger partial charge in [-0.25, -0.2) is 0 Å². The van der Waals surface area contributed by atoms with E-state index in [1.165, 1.54) is 19.3 Å². The fourth-order valence-electron chi connectivity index (χ4n) is 2.39. The normalized spacial score (nSPS) is 15.7. The van der Waals surface area contributed by atoms with Crippen molar-refractivity contribution in [3.63, 3.8) is 0 Å². The molecule has 0 aliphatic heterocycles. The Kier molecular flexibility index (Phi) is 4.88. The zero-order valence-electron chi connectivity index (χ0n) is 12.4. The lowest BCUT2D eigenvalue weighted by Gasteiger charge is -2.20. The van der Waals surface area contributed by atoms with Gasteiger partial charge >= 0.3 is 0 Å². The molecule has 4 N–H and O–H groups in total. The van der Waals surface area contributed by atoms with Gasteiger partial charge in [0.15, 0.2) is 0 Å². The molecule has 0 aromatic heterocycles. The molecular weight excluding hydrogens is 250 g/mol. The lowest BCUT2D eigenvalue weighted by Crippen LogP contribution is -2.24. The summed E-state index contributed by atoms with van der Waals surface area (Å²) in [7, 11) is 0. The van der Waals surface area contributed by atoms with Gasteiger partial charge in [0.25, 0.3) is 5.91 Å². The number of benzene rings is 1. The molecule has 0 heterocycles. The monoisotopic (exact) mass is 275 g/mol. The smallest absolute Gasteiger partial charge is 0.251 e. The fourth-order valence-corrected chi connectivity index (χ4v) is 2.39. The summed E-state index contributed by atoms with van der Waals surface area (Å²) in [6.07, 6.45) is 4.97. The molecule has 1 atom stereocenters. The Labute approximate surface area is 121 Å². The van der Waals surface area contributed by atoms with E-state index >= 15 is 0 Å². The van der Waals surface area contributed by atoms with Crippen LogP contribution in [0.2, 0.25) is 0 Å². The Morgan fingerprint density at radius 1 is 1.40 bits per heavy atom. The van der Waals surface area contributed by atoms with Crippen molar-refractivity contribution in [1.29, 1.82) is 0 Å². The minimum absolute atomic E-state index is 0.0502. The van der Waals surface area contributed by atoms with Gasteiger partial charge in [-0.15, -0.1) is 0 Å². The lowest BCUT2D eigenvalue weighted by molar-refractivity contribution is 0.0956. The van der Waals surface area contributed by atoms with E-state index in [9.17, 15) is 4.79 Å². The second-order valence-corrected chi connectivity index (χ2v) is 5.59. The fraction of sp³-hybridized carbons (Fsp3) is 0.562. The van der Waals surface area contributed by atoms with Crippen molar-refractivity contribution in [1.82, 2.24) is 5.32 Å². The first kappa shape index (κ1) is 14.7. The van der Waals surface area contributed by atoms with E-state index in [2.05, 4.69) is 17.6 Å². The molecule has 0 bridgehead atoms. The predicted molar refractivity (Wildman–Crippen MR) is 83.9 cm³/mol. The molecule has 1 fully saturated rings. The molecule has 2 rings (SSSR count). The van der Waals surface area contributed by atoms with Gasteiger partial charge in [0, 0.05) is 18.2 Å². The molecule has 0 radical (unpaired) electrons. The molecule has 1 aromatic rings. The maximum atomic E-state index is 11.9. The summed E-state index contributed by atoms with van der Waals surface area (Å²) in [5, 5.41) is 6.31. The molecule has 1 aliphatic rings. The van der Waals surface area contributed by atoms with Crippen molar-refractivity contribution in [2.24, 2.45) is 5.92 Å². The summed E-state index contributed by atoms with van der Waals surface area (Å²) in [6, 6.07) is 5.87. The maximum absolute atomic E-state index is 11.9. The summed E-state index contributed by atoms with van der Waals surface area (Å²) in [5.74, 6) is 0.825. The van der Waals surface area contributed by atoms with E-state index < -0.39 is 0 Å². The van der Waals surface area contributed by atoms with Crippen LogP contribution in [0.25, 0.3) is 0 Å². The molecule has 0 saturated heterocycles. The molecule has 1 unspecified atom stereocenters. The maximum Gasteiger partial charge on any atom is 0.251 e. The van der Waals surface area contributed by atoms with Gasteiger partial charge in [0.2, 0.25) is 0 Å². The Balaban J connectivity index is 2.08. The number of nitrogens with one attached hydrogen (secondary N) is 2. The zero-order valence-corrected chi connectivity index (χ0v) is 12.4. The van der Waals surface area contributed by atoms with Gasteiger partial charge in [-0.2, -0.15) is 0 Å². The van der Waals surface area contributed by atoms with Crippen molar-refractivity contribution in [3.05, 3.63) is 23.8 Å². The van der Waals surface area contributed by atoms with Gasteiger partial charge < -0.3 is 16.4 Å². The third kappa shape index (κ3) is 3.89. The molecule has 1 aromatic carbocycles. The van der Waals surface area contributed by atoms with Gasteiger partial charge in [-0.1, -0.05) is 19.8 Å². The minimum atomic E-state index is -0.0502. The molecule has 20 heavy (non-hydrogen) atoms. The van der Waals surface area contributed by atoms with Crippen LogP contribution in [0, 0.1) is 5.92 Å². The molecule has 0 spiro atoms. The van der Waals surface area contributed by atoms with Crippen LogP contribution in [0.1, 0.15) is 49.9 Å². The molecule has 4 nitrogen and oxygen atoms in total. The highest BCUT2D eigenvalue weighted by atomic mass is 16.1. The first-order valence-electron chi connectivity index (χ1n) is 7.58. The Morgan fingerprint density at radius 2 is 2.15 bits per heavy atom. The third-order valence-corrected chi connectivity index (χ3v) is 3.82. The number of carbonyl (C=O) groups excluding carboxylic acids is 1. The number of anilines is 2.